The molecule has 1 amide bonds. The molecule has 0 aliphatic heterocycles. The van der Waals surface area contributed by atoms with Crippen molar-refractivity contribution in [2.24, 2.45) is 0 Å². The first-order valence-electron chi connectivity index (χ1n) is 7.03. The van der Waals surface area contributed by atoms with Crippen molar-refractivity contribution >= 4 is 27.5 Å². The summed E-state index contributed by atoms with van der Waals surface area (Å²) >= 11 is 3.44. The predicted molar refractivity (Wildman–Crippen MR) is 84.9 cm³/mol. The summed E-state index contributed by atoms with van der Waals surface area (Å²) in [5.41, 5.74) is 0.802. The van der Waals surface area contributed by atoms with Gasteiger partial charge in [0.15, 0.2) is 0 Å². The molecule has 1 N–H and O–H groups in total. The molecule has 4 nitrogen and oxygen atoms in total. The van der Waals surface area contributed by atoms with Gasteiger partial charge in [-0.05, 0) is 53.0 Å². The lowest BCUT2D eigenvalue weighted by Gasteiger charge is -2.20. The van der Waals surface area contributed by atoms with Crippen LogP contribution in [0.25, 0.3) is 0 Å². The third-order valence-corrected chi connectivity index (χ3v) is 4.19. The Morgan fingerprint density at radius 3 is 2.76 bits per heavy atom. The smallest absolute Gasteiger partial charge is 0.238 e. The third kappa shape index (κ3) is 3.95. The zero-order valence-corrected chi connectivity index (χ0v) is 13.2. The minimum atomic E-state index is 0.000330. The zero-order valence-electron chi connectivity index (χ0n) is 11.6. The van der Waals surface area contributed by atoms with Crippen LogP contribution in [0.5, 0.6) is 0 Å². The Kier molecular flexibility index (Phi) is 4.41. The minimum Gasteiger partial charge on any atom is -0.468 e. The second-order valence-electron chi connectivity index (χ2n) is 5.24. The molecule has 1 aliphatic carbocycles. The highest BCUT2D eigenvalue weighted by Crippen LogP contribution is 2.28. The van der Waals surface area contributed by atoms with E-state index in [1.165, 1.54) is 0 Å². The van der Waals surface area contributed by atoms with E-state index in [4.69, 9.17) is 4.42 Å². The van der Waals surface area contributed by atoms with Gasteiger partial charge in [0.25, 0.3) is 0 Å². The second-order valence-corrected chi connectivity index (χ2v) is 6.10. The van der Waals surface area contributed by atoms with E-state index in [-0.39, 0.29) is 5.91 Å². The Morgan fingerprint density at radius 1 is 1.29 bits per heavy atom. The molecule has 0 bridgehead atoms. The molecule has 0 radical (unpaired) electrons. The van der Waals surface area contributed by atoms with E-state index in [0.717, 1.165) is 28.8 Å². The quantitative estimate of drug-likeness (QED) is 0.866. The number of amides is 1. The fourth-order valence-corrected chi connectivity index (χ4v) is 2.68. The van der Waals surface area contributed by atoms with E-state index < -0.39 is 0 Å². The average Bonchev–Trinajstić information content (AvgIpc) is 3.19. The Hall–Kier alpha value is -1.59. The predicted octanol–water partition coefficient (Wildman–Crippen LogP) is 3.65. The maximum absolute atomic E-state index is 12.2. The third-order valence-electron chi connectivity index (χ3n) is 3.50. The monoisotopic (exact) mass is 348 g/mol. The van der Waals surface area contributed by atoms with Crippen molar-refractivity contribution in [3.05, 3.63) is 52.9 Å². The molecule has 2 aromatic rings. The fraction of sp³-hybridized carbons (Fsp3) is 0.312. The number of hydrogen-bond donors (Lipinski definition) is 1. The SMILES string of the molecule is O=C(CN(Cc1ccco1)C1CC1)Nc1ccccc1Br. The molecule has 3 rings (SSSR count). The van der Waals surface area contributed by atoms with Crippen LogP contribution in [-0.4, -0.2) is 23.4 Å². The summed E-state index contributed by atoms with van der Waals surface area (Å²) < 4.78 is 6.27. The topological polar surface area (TPSA) is 45.5 Å². The Balaban J connectivity index is 1.60. The standard InChI is InChI=1S/C16H17BrN2O2/c17-14-5-1-2-6-15(14)18-16(20)11-19(12-7-8-12)10-13-4-3-9-21-13/h1-6,9,12H,7-8,10-11H2,(H,18,20). The first kappa shape index (κ1) is 14.4. The second kappa shape index (κ2) is 6.45. The average molecular weight is 349 g/mol. The highest BCUT2D eigenvalue weighted by molar-refractivity contribution is 9.10. The van der Waals surface area contributed by atoms with Gasteiger partial charge in [-0.1, -0.05) is 12.1 Å². The highest BCUT2D eigenvalue weighted by Gasteiger charge is 2.30. The fourth-order valence-electron chi connectivity index (χ4n) is 2.29. The molecule has 0 spiro atoms. The molecular weight excluding hydrogens is 332 g/mol. The number of rotatable bonds is 6. The van der Waals surface area contributed by atoms with Crippen molar-refractivity contribution in [1.82, 2.24) is 4.90 Å². The summed E-state index contributed by atoms with van der Waals surface area (Å²) in [7, 11) is 0. The summed E-state index contributed by atoms with van der Waals surface area (Å²) in [5.74, 6) is 0.899. The van der Waals surface area contributed by atoms with Gasteiger partial charge < -0.3 is 9.73 Å². The van der Waals surface area contributed by atoms with E-state index in [2.05, 4.69) is 26.1 Å². The zero-order chi connectivity index (χ0) is 14.7. The van der Waals surface area contributed by atoms with Crippen molar-refractivity contribution < 1.29 is 9.21 Å². The maximum Gasteiger partial charge on any atom is 0.238 e. The lowest BCUT2D eigenvalue weighted by Crippen LogP contribution is -2.34. The van der Waals surface area contributed by atoms with Crippen molar-refractivity contribution in [2.75, 3.05) is 11.9 Å². The number of carbonyl (C=O) groups excluding carboxylic acids is 1. The van der Waals surface area contributed by atoms with Gasteiger partial charge in [0.2, 0.25) is 5.91 Å². The normalized spacial score (nSPS) is 14.4. The van der Waals surface area contributed by atoms with E-state index in [1.54, 1.807) is 6.26 Å². The Labute approximate surface area is 132 Å². The van der Waals surface area contributed by atoms with Crippen molar-refractivity contribution in [3.8, 4) is 0 Å². The molecule has 0 atom stereocenters. The number of carbonyl (C=O) groups is 1. The van der Waals surface area contributed by atoms with Crippen LogP contribution >= 0.6 is 15.9 Å². The van der Waals surface area contributed by atoms with Gasteiger partial charge in [0, 0.05) is 10.5 Å². The molecule has 1 aromatic carbocycles. The van der Waals surface area contributed by atoms with Gasteiger partial charge >= 0.3 is 0 Å². The first-order chi connectivity index (χ1) is 10.2. The molecule has 1 aromatic heterocycles. The van der Waals surface area contributed by atoms with Gasteiger partial charge in [-0.3, -0.25) is 9.69 Å². The number of furan rings is 1. The van der Waals surface area contributed by atoms with Crippen LogP contribution in [0.2, 0.25) is 0 Å². The van der Waals surface area contributed by atoms with Crippen molar-refractivity contribution in [1.29, 1.82) is 0 Å². The van der Waals surface area contributed by atoms with Gasteiger partial charge in [-0.2, -0.15) is 0 Å². The first-order valence-corrected chi connectivity index (χ1v) is 7.82. The number of nitrogens with one attached hydrogen (secondary N) is 1. The number of benzene rings is 1. The largest absolute Gasteiger partial charge is 0.468 e. The lowest BCUT2D eigenvalue weighted by atomic mass is 10.3. The Morgan fingerprint density at radius 2 is 2.10 bits per heavy atom. The van der Waals surface area contributed by atoms with E-state index >= 15 is 0 Å². The molecule has 0 unspecified atom stereocenters. The molecule has 1 heterocycles. The van der Waals surface area contributed by atoms with E-state index in [0.29, 0.717) is 19.1 Å². The van der Waals surface area contributed by atoms with Gasteiger partial charge in [-0.15, -0.1) is 0 Å². The van der Waals surface area contributed by atoms with Crippen LogP contribution in [-0.2, 0) is 11.3 Å². The van der Waals surface area contributed by atoms with Gasteiger partial charge in [0.05, 0.1) is 25.0 Å². The van der Waals surface area contributed by atoms with Crippen LogP contribution in [0.15, 0.2) is 51.6 Å². The summed E-state index contributed by atoms with van der Waals surface area (Å²) in [6, 6.07) is 11.9. The maximum atomic E-state index is 12.2. The molecular formula is C16H17BrN2O2. The summed E-state index contributed by atoms with van der Waals surface area (Å²) in [6.45, 7) is 1.06. The minimum absolute atomic E-state index is 0.000330. The van der Waals surface area contributed by atoms with Gasteiger partial charge in [0.1, 0.15) is 5.76 Å². The number of nitrogens with zero attached hydrogens (tertiary/aromatic N) is 1. The molecule has 1 fully saturated rings. The highest BCUT2D eigenvalue weighted by atomic mass is 79.9. The Bertz CT molecular complexity index is 608. The van der Waals surface area contributed by atoms with E-state index in [1.807, 2.05) is 36.4 Å². The number of halogens is 1. The number of para-hydroxylation sites is 1. The molecule has 110 valence electrons. The summed E-state index contributed by atoms with van der Waals surface area (Å²) in [4.78, 5) is 14.4. The number of anilines is 1. The van der Waals surface area contributed by atoms with Crippen LogP contribution < -0.4 is 5.32 Å². The van der Waals surface area contributed by atoms with Gasteiger partial charge in [-0.25, -0.2) is 0 Å². The van der Waals surface area contributed by atoms with Crippen molar-refractivity contribution in [3.63, 3.8) is 0 Å². The van der Waals surface area contributed by atoms with Crippen LogP contribution in [0, 0.1) is 0 Å². The summed E-state index contributed by atoms with van der Waals surface area (Å²) in [6.07, 6.45) is 3.98. The number of hydrogen-bond acceptors (Lipinski definition) is 3. The lowest BCUT2D eigenvalue weighted by molar-refractivity contribution is -0.117. The van der Waals surface area contributed by atoms with Crippen LogP contribution in [0.4, 0.5) is 5.69 Å². The van der Waals surface area contributed by atoms with Crippen LogP contribution in [0.3, 0.4) is 0 Å². The molecule has 1 aliphatic rings. The molecule has 0 saturated heterocycles. The molecule has 5 heteroatoms. The summed E-state index contributed by atoms with van der Waals surface area (Å²) in [5, 5.41) is 2.94. The molecule has 21 heavy (non-hydrogen) atoms. The van der Waals surface area contributed by atoms with E-state index in [9.17, 15) is 4.79 Å². The van der Waals surface area contributed by atoms with Crippen molar-refractivity contribution in [2.45, 2.75) is 25.4 Å². The van der Waals surface area contributed by atoms with Crippen LogP contribution in [0.1, 0.15) is 18.6 Å². The molecule has 1 saturated carbocycles.